The fourth-order valence-corrected chi connectivity index (χ4v) is 3.41. The standard InChI is InChI=1S/C16H29N3O3/c1-12-10-18(11-13(2)22-12)9-6-17-16(21)15-4-7-19(8-5-15)14(3)20/h12-13,15H,4-11H2,1-3H3,(H,17,21)/t12-,13+. The second-order valence-electron chi connectivity index (χ2n) is 6.59. The van der Waals surface area contributed by atoms with Crippen LogP contribution in [0, 0.1) is 5.92 Å². The van der Waals surface area contributed by atoms with Gasteiger partial charge < -0.3 is 15.0 Å². The molecule has 0 aliphatic carbocycles. The lowest BCUT2D eigenvalue weighted by atomic mass is 9.96. The van der Waals surface area contributed by atoms with E-state index in [1.807, 2.05) is 4.90 Å². The summed E-state index contributed by atoms with van der Waals surface area (Å²) in [4.78, 5) is 27.6. The number of likely N-dealkylation sites (tertiary alicyclic amines) is 1. The third-order valence-electron chi connectivity index (χ3n) is 4.53. The number of ether oxygens (including phenoxy) is 1. The fraction of sp³-hybridized carbons (Fsp3) is 0.875. The molecule has 2 aliphatic rings. The maximum atomic E-state index is 12.2. The van der Waals surface area contributed by atoms with Gasteiger partial charge in [0.2, 0.25) is 11.8 Å². The summed E-state index contributed by atoms with van der Waals surface area (Å²) >= 11 is 0. The van der Waals surface area contributed by atoms with E-state index >= 15 is 0 Å². The molecule has 0 radical (unpaired) electrons. The van der Waals surface area contributed by atoms with Crippen LogP contribution >= 0.6 is 0 Å². The highest BCUT2D eigenvalue weighted by Gasteiger charge is 2.26. The van der Waals surface area contributed by atoms with Crippen LogP contribution in [-0.4, -0.2) is 73.1 Å². The Hall–Kier alpha value is -1.14. The molecule has 2 fully saturated rings. The molecule has 2 rings (SSSR count). The molecule has 0 aromatic rings. The smallest absolute Gasteiger partial charge is 0.223 e. The predicted molar refractivity (Wildman–Crippen MR) is 84.4 cm³/mol. The van der Waals surface area contributed by atoms with E-state index in [1.54, 1.807) is 6.92 Å². The van der Waals surface area contributed by atoms with Crippen LogP contribution < -0.4 is 5.32 Å². The molecule has 0 aromatic carbocycles. The molecule has 0 spiro atoms. The van der Waals surface area contributed by atoms with Gasteiger partial charge in [0.25, 0.3) is 0 Å². The van der Waals surface area contributed by atoms with Crippen molar-refractivity contribution < 1.29 is 14.3 Å². The Balaban J connectivity index is 1.65. The van der Waals surface area contributed by atoms with Gasteiger partial charge in [-0.2, -0.15) is 0 Å². The minimum absolute atomic E-state index is 0.0538. The van der Waals surface area contributed by atoms with Crippen molar-refractivity contribution in [2.75, 3.05) is 39.3 Å². The first-order valence-corrected chi connectivity index (χ1v) is 8.36. The van der Waals surface area contributed by atoms with Gasteiger partial charge >= 0.3 is 0 Å². The third kappa shape index (κ3) is 4.95. The number of hydrogen-bond donors (Lipinski definition) is 1. The van der Waals surface area contributed by atoms with Crippen LogP contribution in [0.5, 0.6) is 0 Å². The van der Waals surface area contributed by atoms with Gasteiger partial charge in [-0.15, -0.1) is 0 Å². The Morgan fingerprint density at radius 3 is 2.27 bits per heavy atom. The lowest BCUT2D eigenvalue weighted by Crippen LogP contribution is -2.48. The minimum atomic E-state index is 0.0538. The average Bonchev–Trinajstić information content (AvgIpc) is 2.46. The van der Waals surface area contributed by atoms with Gasteiger partial charge in [0.1, 0.15) is 0 Å². The van der Waals surface area contributed by atoms with Crippen molar-refractivity contribution >= 4 is 11.8 Å². The van der Waals surface area contributed by atoms with Crippen molar-refractivity contribution in [2.24, 2.45) is 5.92 Å². The van der Waals surface area contributed by atoms with E-state index < -0.39 is 0 Å². The van der Waals surface area contributed by atoms with E-state index in [0.717, 1.165) is 32.5 Å². The first kappa shape index (κ1) is 17.2. The highest BCUT2D eigenvalue weighted by Crippen LogP contribution is 2.17. The van der Waals surface area contributed by atoms with Gasteiger partial charge in [-0.05, 0) is 26.7 Å². The van der Waals surface area contributed by atoms with Crippen LogP contribution in [0.15, 0.2) is 0 Å². The normalized spacial score (nSPS) is 27.7. The van der Waals surface area contributed by atoms with Crippen molar-refractivity contribution in [2.45, 2.75) is 45.8 Å². The van der Waals surface area contributed by atoms with Gasteiger partial charge in [0.05, 0.1) is 12.2 Å². The quantitative estimate of drug-likeness (QED) is 0.820. The summed E-state index contributed by atoms with van der Waals surface area (Å²) in [6.07, 6.45) is 2.07. The van der Waals surface area contributed by atoms with Crippen LogP contribution in [0.3, 0.4) is 0 Å². The Morgan fingerprint density at radius 1 is 1.14 bits per heavy atom. The van der Waals surface area contributed by atoms with Crippen molar-refractivity contribution in [3.63, 3.8) is 0 Å². The molecule has 0 unspecified atom stereocenters. The van der Waals surface area contributed by atoms with E-state index in [2.05, 4.69) is 24.1 Å². The molecule has 0 bridgehead atoms. The first-order chi connectivity index (χ1) is 10.5. The summed E-state index contributed by atoms with van der Waals surface area (Å²) in [5, 5.41) is 3.05. The number of nitrogens with one attached hydrogen (secondary N) is 1. The third-order valence-corrected chi connectivity index (χ3v) is 4.53. The number of amides is 2. The van der Waals surface area contributed by atoms with Gasteiger partial charge in [0.15, 0.2) is 0 Å². The van der Waals surface area contributed by atoms with Gasteiger partial charge in [-0.25, -0.2) is 0 Å². The summed E-state index contributed by atoms with van der Waals surface area (Å²) in [6, 6.07) is 0. The fourth-order valence-electron chi connectivity index (χ4n) is 3.41. The SMILES string of the molecule is CC(=O)N1CCC(C(=O)NCCN2C[C@@H](C)O[C@@H](C)C2)CC1. The molecular formula is C16H29N3O3. The van der Waals surface area contributed by atoms with Crippen LogP contribution in [0.1, 0.15) is 33.6 Å². The summed E-state index contributed by atoms with van der Waals surface area (Å²) in [5.41, 5.74) is 0. The monoisotopic (exact) mass is 311 g/mol. The van der Waals surface area contributed by atoms with E-state index in [4.69, 9.17) is 4.74 Å². The van der Waals surface area contributed by atoms with E-state index in [0.29, 0.717) is 19.6 Å². The zero-order valence-corrected chi connectivity index (χ0v) is 14.0. The van der Waals surface area contributed by atoms with Crippen LogP contribution in [0.25, 0.3) is 0 Å². The summed E-state index contributed by atoms with van der Waals surface area (Å²) in [6.45, 7) is 10.6. The molecule has 0 aromatic heterocycles. The van der Waals surface area contributed by atoms with Crippen molar-refractivity contribution in [1.29, 1.82) is 0 Å². The van der Waals surface area contributed by atoms with Crippen molar-refractivity contribution in [3.05, 3.63) is 0 Å². The number of carbonyl (C=O) groups is 2. The summed E-state index contributed by atoms with van der Waals surface area (Å²) in [7, 11) is 0. The lowest BCUT2D eigenvalue weighted by molar-refractivity contribution is -0.134. The molecule has 2 saturated heterocycles. The lowest BCUT2D eigenvalue weighted by Gasteiger charge is -2.35. The van der Waals surface area contributed by atoms with Crippen molar-refractivity contribution in [3.8, 4) is 0 Å². The Morgan fingerprint density at radius 2 is 1.73 bits per heavy atom. The predicted octanol–water partition coefficient (Wildman–Crippen LogP) is 0.470. The highest BCUT2D eigenvalue weighted by molar-refractivity contribution is 5.79. The zero-order valence-electron chi connectivity index (χ0n) is 14.0. The second-order valence-corrected chi connectivity index (χ2v) is 6.59. The molecule has 2 aliphatic heterocycles. The number of piperidine rings is 1. The van der Waals surface area contributed by atoms with Gasteiger partial charge in [-0.3, -0.25) is 14.5 Å². The Labute approximate surface area is 133 Å². The Kier molecular flexibility index (Phi) is 6.20. The average molecular weight is 311 g/mol. The first-order valence-electron chi connectivity index (χ1n) is 8.36. The number of hydrogen-bond acceptors (Lipinski definition) is 4. The van der Waals surface area contributed by atoms with E-state index in [9.17, 15) is 9.59 Å². The number of nitrogens with zero attached hydrogens (tertiary/aromatic N) is 2. The molecule has 126 valence electrons. The second kappa shape index (κ2) is 7.92. The van der Waals surface area contributed by atoms with Gasteiger partial charge in [-0.1, -0.05) is 0 Å². The van der Waals surface area contributed by atoms with Crippen molar-refractivity contribution in [1.82, 2.24) is 15.1 Å². The molecule has 2 atom stereocenters. The summed E-state index contributed by atoms with van der Waals surface area (Å²) in [5.74, 6) is 0.296. The molecule has 2 amide bonds. The summed E-state index contributed by atoms with van der Waals surface area (Å²) < 4.78 is 5.71. The maximum absolute atomic E-state index is 12.2. The van der Waals surface area contributed by atoms with Crippen LogP contribution in [0.4, 0.5) is 0 Å². The van der Waals surface area contributed by atoms with Crippen LogP contribution in [-0.2, 0) is 14.3 Å². The molecule has 22 heavy (non-hydrogen) atoms. The number of morpholine rings is 1. The molecule has 0 saturated carbocycles. The maximum Gasteiger partial charge on any atom is 0.223 e. The Bertz CT molecular complexity index is 384. The molecular weight excluding hydrogens is 282 g/mol. The zero-order chi connectivity index (χ0) is 16.1. The minimum Gasteiger partial charge on any atom is -0.373 e. The van der Waals surface area contributed by atoms with Gasteiger partial charge in [0, 0.05) is 52.1 Å². The molecule has 1 N–H and O–H groups in total. The topological polar surface area (TPSA) is 61.9 Å². The number of carbonyl (C=O) groups excluding carboxylic acids is 2. The van der Waals surface area contributed by atoms with E-state index in [1.165, 1.54) is 0 Å². The molecule has 2 heterocycles. The largest absolute Gasteiger partial charge is 0.373 e. The highest BCUT2D eigenvalue weighted by atomic mass is 16.5. The molecule has 6 nitrogen and oxygen atoms in total. The number of rotatable bonds is 4. The molecule has 6 heteroatoms. The van der Waals surface area contributed by atoms with Crippen LogP contribution in [0.2, 0.25) is 0 Å². The van der Waals surface area contributed by atoms with E-state index in [-0.39, 0.29) is 29.9 Å².